The van der Waals surface area contributed by atoms with Crippen molar-refractivity contribution in [1.29, 1.82) is 0 Å². The molecule has 2 amide bonds. The number of hydrogen-bond donors (Lipinski definition) is 2. The number of alkyl halides is 3. The monoisotopic (exact) mass is 483 g/mol. The number of halogens is 3. The van der Waals surface area contributed by atoms with Crippen molar-refractivity contribution >= 4 is 17.4 Å². The number of carbonyl (C=O) groups excluding carboxylic acids is 1. The van der Waals surface area contributed by atoms with Crippen molar-refractivity contribution in [3.05, 3.63) is 78.9 Å². The van der Waals surface area contributed by atoms with Gasteiger partial charge >= 0.3 is 12.2 Å². The summed E-state index contributed by atoms with van der Waals surface area (Å²) >= 11 is 0. The number of pyridine rings is 1. The van der Waals surface area contributed by atoms with Gasteiger partial charge in [0, 0.05) is 47.8 Å². The lowest BCUT2D eigenvalue weighted by Gasteiger charge is -2.17. The number of amides is 2. The highest BCUT2D eigenvalue weighted by Crippen LogP contribution is 2.42. The molecule has 4 aromatic rings. The van der Waals surface area contributed by atoms with E-state index in [2.05, 4.69) is 20.6 Å². The number of nitrogens with zero attached hydrogens (tertiary/aromatic N) is 3. The summed E-state index contributed by atoms with van der Waals surface area (Å²) in [6.45, 7) is 0. The number of hydrogen-bond acceptors (Lipinski definition) is 5. The number of urea groups is 1. The Morgan fingerprint density at radius 2 is 1.60 bits per heavy atom. The van der Waals surface area contributed by atoms with Crippen LogP contribution >= 0.6 is 0 Å². The van der Waals surface area contributed by atoms with Crippen LogP contribution in [0.15, 0.2) is 73.3 Å². The van der Waals surface area contributed by atoms with Gasteiger partial charge in [-0.1, -0.05) is 0 Å². The zero-order valence-electron chi connectivity index (χ0n) is 18.6. The number of methoxy groups -OCH3 is 2. The smallest absolute Gasteiger partial charge is 0.420 e. The highest BCUT2D eigenvalue weighted by Gasteiger charge is 2.35. The summed E-state index contributed by atoms with van der Waals surface area (Å²) in [6.07, 6.45) is 2.15. The predicted molar refractivity (Wildman–Crippen MR) is 124 cm³/mol. The Morgan fingerprint density at radius 1 is 0.914 bits per heavy atom. The van der Waals surface area contributed by atoms with Crippen LogP contribution in [0.4, 0.5) is 29.3 Å². The van der Waals surface area contributed by atoms with E-state index in [1.807, 2.05) is 16.7 Å². The molecule has 180 valence electrons. The molecule has 0 atom stereocenters. The SMILES string of the molecule is COc1cc(OC)c(C(F)(F)F)cc1NC(=O)Nc1ccc(-n2ccnc2-c2ccncc2)cc1. The molecule has 0 aliphatic rings. The molecule has 0 unspecified atom stereocenters. The molecule has 0 spiro atoms. The third kappa shape index (κ3) is 5.18. The zero-order valence-corrected chi connectivity index (χ0v) is 18.6. The zero-order chi connectivity index (χ0) is 25.0. The number of carbonyl (C=O) groups is 1. The van der Waals surface area contributed by atoms with E-state index in [9.17, 15) is 18.0 Å². The van der Waals surface area contributed by atoms with Gasteiger partial charge in [-0.2, -0.15) is 13.2 Å². The van der Waals surface area contributed by atoms with Crippen molar-refractivity contribution in [2.75, 3.05) is 24.9 Å². The molecule has 0 saturated heterocycles. The molecule has 2 aromatic carbocycles. The number of benzene rings is 2. The van der Waals surface area contributed by atoms with Gasteiger partial charge < -0.3 is 20.1 Å². The molecular weight excluding hydrogens is 463 g/mol. The summed E-state index contributed by atoms with van der Waals surface area (Å²) < 4.78 is 51.9. The van der Waals surface area contributed by atoms with Gasteiger partial charge in [-0.05, 0) is 42.5 Å². The first-order valence-electron chi connectivity index (χ1n) is 10.3. The fourth-order valence-electron chi connectivity index (χ4n) is 3.43. The average molecular weight is 483 g/mol. The maximum Gasteiger partial charge on any atom is 0.420 e. The van der Waals surface area contributed by atoms with Crippen LogP contribution in [0.3, 0.4) is 0 Å². The molecule has 0 bridgehead atoms. The summed E-state index contributed by atoms with van der Waals surface area (Å²) in [4.78, 5) is 20.9. The van der Waals surface area contributed by atoms with E-state index in [0.29, 0.717) is 5.69 Å². The summed E-state index contributed by atoms with van der Waals surface area (Å²) in [7, 11) is 2.40. The maximum atomic E-state index is 13.4. The van der Waals surface area contributed by atoms with Gasteiger partial charge in [0.2, 0.25) is 0 Å². The van der Waals surface area contributed by atoms with Crippen molar-refractivity contribution in [3.63, 3.8) is 0 Å². The van der Waals surface area contributed by atoms with Gasteiger partial charge in [-0.15, -0.1) is 0 Å². The number of ether oxygens (including phenoxy) is 2. The highest BCUT2D eigenvalue weighted by molar-refractivity contribution is 6.01. The molecule has 4 rings (SSSR count). The van der Waals surface area contributed by atoms with Crippen LogP contribution < -0.4 is 20.1 Å². The molecule has 11 heteroatoms. The molecule has 0 aliphatic heterocycles. The van der Waals surface area contributed by atoms with Crippen LogP contribution in [-0.4, -0.2) is 34.8 Å². The molecule has 2 aromatic heterocycles. The summed E-state index contributed by atoms with van der Waals surface area (Å²) in [5.74, 6) is 0.323. The van der Waals surface area contributed by atoms with E-state index in [0.717, 1.165) is 36.3 Å². The van der Waals surface area contributed by atoms with E-state index < -0.39 is 23.5 Å². The van der Waals surface area contributed by atoms with E-state index in [4.69, 9.17) is 9.47 Å². The van der Waals surface area contributed by atoms with Gasteiger partial charge in [0.15, 0.2) is 0 Å². The first kappa shape index (κ1) is 23.6. The van der Waals surface area contributed by atoms with Crippen LogP contribution in [0.5, 0.6) is 11.5 Å². The minimum absolute atomic E-state index is 0.0177. The summed E-state index contributed by atoms with van der Waals surface area (Å²) in [6, 6.07) is 11.7. The van der Waals surface area contributed by atoms with Gasteiger partial charge in [0.25, 0.3) is 0 Å². The Hall–Kier alpha value is -4.54. The number of anilines is 2. The third-order valence-corrected chi connectivity index (χ3v) is 5.06. The number of aromatic nitrogens is 3. The lowest BCUT2D eigenvalue weighted by atomic mass is 10.1. The van der Waals surface area contributed by atoms with Crippen LogP contribution in [0, 0.1) is 0 Å². The van der Waals surface area contributed by atoms with Crippen molar-refractivity contribution in [1.82, 2.24) is 14.5 Å². The molecule has 2 heterocycles. The molecule has 0 saturated carbocycles. The summed E-state index contributed by atoms with van der Waals surface area (Å²) in [5.41, 5.74) is 0.923. The number of nitrogens with one attached hydrogen (secondary N) is 2. The van der Waals surface area contributed by atoms with Crippen molar-refractivity contribution in [2.45, 2.75) is 6.18 Å². The minimum Gasteiger partial charge on any atom is -0.496 e. The third-order valence-electron chi connectivity index (χ3n) is 5.06. The average Bonchev–Trinajstić information content (AvgIpc) is 3.34. The van der Waals surface area contributed by atoms with Gasteiger partial charge in [0.1, 0.15) is 17.3 Å². The van der Waals surface area contributed by atoms with Crippen LogP contribution in [0.2, 0.25) is 0 Å². The maximum absolute atomic E-state index is 13.4. The molecule has 0 aliphatic carbocycles. The van der Waals surface area contributed by atoms with E-state index >= 15 is 0 Å². The first-order valence-corrected chi connectivity index (χ1v) is 10.3. The normalized spacial score (nSPS) is 11.1. The molecule has 2 N–H and O–H groups in total. The lowest BCUT2D eigenvalue weighted by Crippen LogP contribution is -2.20. The Bertz CT molecular complexity index is 1320. The molecule has 35 heavy (non-hydrogen) atoms. The Labute approximate surface area is 198 Å². The Balaban J connectivity index is 1.51. The van der Waals surface area contributed by atoms with Crippen molar-refractivity contribution in [3.8, 4) is 28.6 Å². The number of imidazole rings is 1. The number of rotatable bonds is 6. The van der Waals surface area contributed by atoms with Crippen LogP contribution in [0.25, 0.3) is 17.1 Å². The molecular formula is C24H20F3N5O3. The topological polar surface area (TPSA) is 90.3 Å². The van der Waals surface area contributed by atoms with E-state index in [1.54, 1.807) is 49.1 Å². The van der Waals surface area contributed by atoms with Gasteiger partial charge in [-0.3, -0.25) is 9.55 Å². The second-order valence-electron chi connectivity index (χ2n) is 7.23. The molecule has 8 nitrogen and oxygen atoms in total. The molecule has 0 radical (unpaired) electrons. The van der Waals surface area contributed by atoms with Crippen LogP contribution in [0.1, 0.15) is 5.56 Å². The second kappa shape index (κ2) is 9.75. The van der Waals surface area contributed by atoms with Gasteiger partial charge in [-0.25, -0.2) is 9.78 Å². The lowest BCUT2D eigenvalue weighted by molar-refractivity contribution is -0.138. The minimum atomic E-state index is -4.68. The van der Waals surface area contributed by atoms with E-state index in [-0.39, 0.29) is 11.4 Å². The quantitative estimate of drug-likeness (QED) is 0.372. The van der Waals surface area contributed by atoms with Crippen molar-refractivity contribution < 1.29 is 27.4 Å². The molecule has 0 fully saturated rings. The predicted octanol–water partition coefficient (Wildman–Crippen LogP) is 5.61. The summed E-state index contributed by atoms with van der Waals surface area (Å²) in [5, 5.41) is 4.99. The Kier molecular flexibility index (Phi) is 6.58. The Morgan fingerprint density at radius 3 is 2.23 bits per heavy atom. The largest absolute Gasteiger partial charge is 0.496 e. The standard InChI is InChI=1S/C24H20F3N5O3/c1-34-20-14-21(35-2)19(13-18(20)24(25,26)27)31-23(33)30-16-3-5-17(6-4-16)32-12-11-29-22(32)15-7-9-28-10-8-15/h3-14H,1-2H3,(H2,30,31,33). The van der Waals surface area contributed by atoms with Gasteiger partial charge in [0.05, 0.1) is 25.5 Å². The van der Waals surface area contributed by atoms with Crippen molar-refractivity contribution in [2.24, 2.45) is 0 Å². The fourth-order valence-corrected chi connectivity index (χ4v) is 3.43. The highest BCUT2D eigenvalue weighted by atomic mass is 19.4. The fraction of sp³-hybridized carbons (Fsp3) is 0.125. The van der Waals surface area contributed by atoms with E-state index in [1.165, 1.54) is 7.11 Å². The second-order valence-corrected chi connectivity index (χ2v) is 7.23. The first-order chi connectivity index (χ1) is 16.8. The van der Waals surface area contributed by atoms with Crippen LogP contribution in [-0.2, 0) is 6.18 Å².